The highest BCUT2D eigenvalue weighted by Gasteiger charge is 2.14. The number of pyridine rings is 1. The quantitative estimate of drug-likeness (QED) is 0.160. The molecule has 3 heteroatoms. The Kier molecular flexibility index (Phi) is 8.15. The van der Waals surface area contributed by atoms with Gasteiger partial charge >= 0.3 is 0 Å². The zero-order valence-electron chi connectivity index (χ0n) is 31.5. The summed E-state index contributed by atoms with van der Waals surface area (Å²) in [6, 6.07) is 71.3. The topological polar surface area (TPSA) is 38.7 Å². The smallest absolute Gasteiger partial charge is 0.160 e. The second kappa shape index (κ2) is 14.1. The highest BCUT2D eigenvalue weighted by molar-refractivity contribution is 6.13. The average Bonchev–Trinajstić information content (AvgIpc) is 3.31. The van der Waals surface area contributed by atoms with Crippen molar-refractivity contribution in [3.63, 3.8) is 0 Å². The van der Waals surface area contributed by atoms with E-state index in [0.29, 0.717) is 5.82 Å². The molecule has 0 aliphatic heterocycles. The van der Waals surface area contributed by atoms with Gasteiger partial charge in [0.1, 0.15) is 0 Å². The van der Waals surface area contributed by atoms with Gasteiger partial charge < -0.3 is 0 Å². The van der Waals surface area contributed by atoms with E-state index in [0.717, 1.165) is 50.2 Å². The minimum atomic E-state index is 0.683. The fourth-order valence-electron chi connectivity index (χ4n) is 8.43. The maximum atomic E-state index is 5.22. The van der Waals surface area contributed by atoms with Crippen LogP contribution in [0.2, 0.25) is 0 Å². The Morgan fingerprint density at radius 3 is 1.40 bits per heavy atom. The molecule has 3 nitrogen and oxygen atoms in total. The maximum absolute atomic E-state index is 5.22. The molecule has 0 spiro atoms. The van der Waals surface area contributed by atoms with Crippen molar-refractivity contribution in [2.45, 2.75) is 0 Å². The maximum Gasteiger partial charge on any atom is 0.160 e. The summed E-state index contributed by atoms with van der Waals surface area (Å²) in [4.78, 5) is 15.0. The van der Waals surface area contributed by atoms with Crippen molar-refractivity contribution in [2.75, 3.05) is 0 Å². The SMILES string of the molecule is c1ccc2c(-c3ccc(-c4cc(-c5ccc(-c6cncc7ccccc67)cc5)nc(-c5ccc(-c6cc7ccccc7c7ccccc67)cc5)n4)cc3)cccc2c1. The predicted molar refractivity (Wildman–Crippen MR) is 242 cm³/mol. The lowest BCUT2D eigenvalue weighted by Crippen LogP contribution is -1.96. The lowest BCUT2D eigenvalue weighted by molar-refractivity contribution is 1.18. The molecule has 0 amide bonds. The van der Waals surface area contributed by atoms with E-state index in [1.165, 1.54) is 54.4 Å². The van der Waals surface area contributed by atoms with Gasteiger partial charge in [-0.2, -0.15) is 0 Å². The third-order valence-corrected chi connectivity index (χ3v) is 11.4. The van der Waals surface area contributed by atoms with Gasteiger partial charge in [-0.05, 0) is 77.7 Å². The summed E-state index contributed by atoms with van der Waals surface area (Å²) in [6.07, 6.45) is 3.87. The van der Waals surface area contributed by atoms with Crippen LogP contribution in [0.5, 0.6) is 0 Å². The molecule has 9 aromatic carbocycles. The highest BCUT2D eigenvalue weighted by Crippen LogP contribution is 2.37. The van der Waals surface area contributed by atoms with Crippen molar-refractivity contribution >= 4 is 43.1 Å². The van der Waals surface area contributed by atoms with Gasteiger partial charge in [0.25, 0.3) is 0 Å². The van der Waals surface area contributed by atoms with Crippen LogP contribution in [0, 0.1) is 0 Å². The zero-order valence-corrected chi connectivity index (χ0v) is 31.5. The standard InChI is InChI=1S/C55H35N3/c1-4-14-45-36(10-1)13-9-19-46(45)37-20-26-40(27-21-37)53-33-54(41-28-22-39(23-29-41)52-35-56-34-44-12-3-6-16-48(44)52)58-55(57-53)42-30-24-38(25-31-42)51-32-43-11-2-5-15-47(43)49-17-7-8-18-50(49)51/h1-35H. The molecule has 58 heavy (non-hydrogen) atoms. The summed E-state index contributed by atoms with van der Waals surface area (Å²) in [6.45, 7) is 0. The molecular formula is C55H35N3. The van der Waals surface area contributed by atoms with Crippen molar-refractivity contribution in [2.24, 2.45) is 0 Å². The van der Waals surface area contributed by atoms with Crippen LogP contribution in [-0.2, 0) is 0 Å². The predicted octanol–water partition coefficient (Wildman–Crippen LogP) is 14.5. The molecule has 0 N–H and O–H groups in total. The van der Waals surface area contributed by atoms with Crippen LogP contribution in [0.3, 0.4) is 0 Å². The van der Waals surface area contributed by atoms with Gasteiger partial charge in [-0.1, -0.05) is 188 Å². The number of rotatable bonds is 6. The number of fused-ring (bicyclic) bond motifs is 5. The van der Waals surface area contributed by atoms with E-state index in [2.05, 4.69) is 205 Å². The van der Waals surface area contributed by atoms with Gasteiger partial charge in [0, 0.05) is 40.0 Å². The number of hydrogen-bond donors (Lipinski definition) is 0. The van der Waals surface area contributed by atoms with Crippen molar-refractivity contribution in [1.82, 2.24) is 15.0 Å². The molecule has 2 aromatic heterocycles. The second-order valence-electron chi connectivity index (χ2n) is 14.8. The summed E-state index contributed by atoms with van der Waals surface area (Å²) in [5, 5.41) is 9.78. The molecule has 0 bridgehead atoms. The first-order valence-corrected chi connectivity index (χ1v) is 19.7. The first kappa shape index (κ1) is 33.6. The van der Waals surface area contributed by atoms with E-state index < -0.39 is 0 Å². The van der Waals surface area contributed by atoms with Crippen LogP contribution in [0.15, 0.2) is 213 Å². The summed E-state index contributed by atoms with van der Waals surface area (Å²) in [5.41, 5.74) is 11.7. The fourth-order valence-corrected chi connectivity index (χ4v) is 8.43. The molecule has 0 aliphatic rings. The van der Waals surface area contributed by atoms with E-state index in [1.54, 1.807) is 0 Å². The minimum Gasteiger partial charge on any atom is -0.263 e. The monoisotopic (exact) mass is 737 g/mol. The number of aromatic nitrogens is 3. The first-order valence-electron chi connectivity index (χ1n) is 19.7. The molecule has 11 aromatic rings. The Balaban J connectivity index is 1.01. The van der Waals surface area contributed by atoms with Crippen molar-refractivity contribution < 1.29 is 0 Å². The highest BCUT2D eigenvalue weighted by atomic mass is 14.9. The summed E-state index contributed by atoms with van der Waals surface area (Å²) >= 11 is 0. The van der Waals surface area contributed by atoms with Crippen LogP contribution < -0.4 is 0 Å². The number of benzene rings is 9. The lowest BCUT2D eigenvalue weighted by atomic mass is 9.93. The molecule has 11 rings (SSSR count). The van der Waals surface area contributed by atoms with Gasteiger partial charge in [0.15, 0.2) is 5.82 Å². The molecule has 0 saturated heterocycles. The Morgan fingerprint density at radius 2 is 0.724 bits per heavy atom. The second-order valence-corrected chi connectivity index (χ2v) is 14.8. The molecule has 0 aliphatic carbocycles. The van der Waals surface area contributed by atoms with Gasteiger partial charge in [-0.3, -0.25) is 4.98 Å². The molecule has 0 radical (unpaired) electrons. The fraction of sp³-hybridized carbons (Fsp3) is 0. The minimum absolute atomic E-state index is 0.683. The van der Waals surface area contributed by atoms with Crippen LogP contribution in [-0.4, -0.2) is 15.0 Å². The van der Waals surface area contributed by atoms with Gasteiger partial charge in [-0.25, -0.2) is 9.97 Å². The molecule has 0 atom stereocenters. The zero-order chi connectivity index (χ0) is 38.4. The Morgan fingerprint density at radius 1 is 0.259 bits per heavy atom. The summed E-state index contributed by atoms with van der Waals surface area (Å²) < 4.78 is 0. The molecule has 270 valence electrons. The van der Waals surface area contributed by atoms with E-state index in [1.807, 2.05) is 12.4 Å². The number of hydrogen-bond acceptors (Lipinski definition) is 3. The van der Waals surface area contributed by atoms with Crippen molar-refractivity contribution in [1.29, 1.82) is 0 Å². The first-order chi connectivity index (χ1) is 28.7. The van der Waals surface area contributed by atoms with E-state index in [-0.39, 0.29) is 0 Å². The van der Waals surface area contributed by atoms with Gasteiger partial charge in [-0.15, -0.1) is 0 Å². The largest absolute Gasteiger partial charge is 0.263 e. The van der Waals surface area contributed by atoms with Crippen LogP contribution in [0.4, 0.5) is 0 Å². The Labute approximate surface area is 336 Å². The van der Waals surface area contributed by atoms with Crippen LogP contribution in [0.1, 0.15) is 0 Å². The van der Waals surface area contributed by atoms with E-state index >= 15 is 0 Å². The molecule has 0 saturated carbocycles. The Hall–Kier alpha value is -7.75. The normalized spacial score (nSPS) is 11.4. The van der Waals surface area contributed by atoms with Gasteiger partial charge in [0.2, 0.25) is 0 Å². The summed E-state index contributed by atoms with van der Waals surface area (Å²) in [5.74, 6) is 0.683. The van der Waals surface area contributed by atoms with Crippen LogP contribution >= 0.6 is 0 Å². The van der Waals surface area contributed by atoms with Gasteiger partial charge in [0.05, 0.1) is 11.4 Å². The summed E-state index contributed by atoms with van der Waals surface area (Å²) in [7, 11) is 0. The van der Waals surface area contributed by atoms with Crippen molar-refractivity contribution in [3.8, 4) is 67.3 Å². The van der Waals surface area contributed by atoms with E-state index in [4.69, 9.17) is 9.97 Å². The third kappa shape index (κ3) is 5.98. The van der Waals surface area contributed by atoms with Crippen molar-refractivity contribution in [3.05, 3.63) is 213 Å². The molecule has 0 fully saturated rings. The molecule has 0 unspecified atom stereocenters. The lowest BCUT2D eigenvalue weighted by Gasteiger charge is -2.13. The number of nitrogens with zero attached hydrogens (tertiary/aromatic N) is 3. The van der Waals surface area contributed by atoms with E-state index in [9.17, 15) is 0 Å². The average molecular weight is 738 g/mol. The van der Waals surface area contributed by atoms with Crippen LogP contribution in [0.25, 0.3) is 110 Å². The third-order valence-electron chi connectivity index (χ3n) is 11.4. The molecule has 2 heterocycles. The molecular weight excluding hydrogens is 703 g/mol. The Bertz CT molecular complexity index is 3160.